The number of hydrogen-bond donors (Lipinski definition) is 0. The van der Waals surface area contributed by atoms with Crippen LogP contribution in [0.2, 0.25) is 0 Å². The van der Waals surface area contributed by atoms with Crippen molar-refractivity contribution < 1.29 is 14.3 Å². The highest BCUT2D eigenvalue weighted by molar-refractivity contribution is 5.98. The Hall–Kier alpha value is -0.670. The van der Waals surface area contributed by atoms with E-state index in [1.165, 1.54) is 0 Å². The second-order valence-corrected chi connectivity index (χ2v) is 4.71. The quantitative estimate of drug-likeness (QED) is 0.609. The van der Waals surface area contributed by atoms with Crippen molar-refractivity contribution in [2.75, 3.05) is 13.2 Å². The van der Waals surface area contributed by atoms with Gasteiger partial charge in [0.2, 0.25) is 0 Å². The molecule has 2 fully saturated rings. The highest BCUT2D eigenvalue weighted by Crippen LogP contribution is 2.54. The molecular weight excluding hydrogens is 192 g/mol. The van der Waals surface area contributed by atoms with Gasteiger partial charge >= 0.3 is 0 Å². The zero-order chi connectivity index (χ0) is 10.4. The minimum absolute atomic E-state index is 0.212. The molecule has 0 amide bonds. The summed E-state index contributed by atoms with van der Waals surface area (Å²) in [6.45, 7) is 1.27. The minimum atomic E-state index is -0.591. The third-order valence-electron chi connectivity index (χ3n) is 4.05. The summed E-state index contributed by atoms with van der Waals surface area (Å²) < 4.78 is 11.6. The molecular formula is C12H16O3. The van der Waals surface area contributed by atoms with E-state index in [4.69, 9.17) is 9.47 Å². The van der Waals surface area contributed by atoms with Crippen molar-refractivity contribution in [3.63, 3.8) is 0 Å². The van der Waals surface area contributed by atoms with Crippen LogP contribution < -0.4 is 0 Å². The van der Waals surface area contributed by atoms with Crippen molar-refractivity contribution in [3.05, 3.63) is 12.2 Å². The van der Waals surface area contributed by atoms with Gasteiger partial charge in [0.05, 0.1) is 18.6 Å². The maximum Gasteiger partial charge on any atom is 0.181 e. The molecule has 15 heavy (non-hydrogen) atoms. The van der Waals surface area contributed by atoms with Crippen molar-refractivity contribution in [3.8, 4) is 0 Å². The van der Waals surface area contributed by atoms with E-state index in [0.717, 1.165) is 32.1 Å². The number of carbonyl (C=O) groups excluding carboxylic acids is 1. The summed E-state index contributed by atoms with van der Waals surface area (Å²) in [4.78, 5) is 12.1. The van der Waals surface area contributed by atoms with Crippen molar-refractivity contribution in [1.29, 1.82) is 0 Å². The maximum atomic E-state index is 12.1. The highest BCUT2D eigenvalue weighted by Gasteiger charge is 2.61. The van der Waals surface area contributed by atoms with Crippen LogP contribution in [0.5, 0.6) is 0 Å². The first-order valence-corrected chi connectivity index (χ1v) is 5.78. The monoisotopic (exact) mass is 208 g/mol. The molecule has 3 rings (SSSR count). The van der Waals surface area contributed by atoms with Crippen LogP contribution in [0.4, 0.5) is 0 Å². The molecule has 3 heteroatoms. The van der Waals surface area contributed by atoms with Gasteiger partial charge in [-0.1, -0.05) is 12.5 Å². The fraction of sp³-hybridized carbons (Fsp3) is 0.750. The first kappa shape index (κ1) is 9.55. The number of ether oxygens (including phenoxy) is 2. The van der Waals surface area contributed by atoms with Crippen molar-refractivity contribution >= 4 is 5.78 Å². The summed E-state index contributed by atoms with van der Waals surface area (Å²) in [6, 6.07) is 0. The van der Waals surface area contributed by atoms with Gasteiger partial charge in [0, 0.05) is 6.42 Å². The normalized spacial score (nSPS) is 38.3. The summed E-state index contributed by atoms with van der Waals surface area (Å²) >= 11 is 0. The van der Waals surface area contributed by atoms with Crippen LogP contribution in [0.3, 0.4) is 0 Å². The van der Waals surface area contributed by atoms with Gasteiger partial charge in [-0.2, -0.15) is 0 Å². The first-order valence-electron chi connectivity index (χ1n) is 5.78. The van der Waals surface area contributed by atoms with E-state index in [0.29, 0.717) is 13.2 Å². The Morgan fingerprint density at radius 2 is 1.87 bits per heavy atom. The minimum Gasteiger partial charge on any atom is -0.346 e. The van der Waals surface area contributed by atoms with Crippen LogP contribution in [0.1, 0.15) is 32.1 Å². The van der Waals surface area contributed by atoms with Gasteiger partial charge in [-0.15, -0.1) is 0 Å². The lowest BCUT2D eigenvalue weighted by Gasteiger charge is -2.46. The van der Waals surface area contributed by atoms with Gasteiger partial charge in [-0.05, 0) is 25.3 Å². The van der Waals surface area contributed by atoms with Crippen molar-refractivity contribution in [1.82, 2.24) is 0 Å². The Bertz CT molecular complexity index is 315. The van der Waals surface area contributed by atoms with Crippen molar-refractivity contribution in [2.24, 2.45) is 5.41 Å². The zero-order valence-corrected chi connectivity index (χ0v) is 8.83. The number of carbonyl (C=O) groups is 1. The molecule has 2 spiro atoms. The lowest BCUT2D eigenvalue weighted by atomic mass is 9.67. The molecule has 3 aliphatic rings. The zero-order valence-electron chi connectivity index (χ0n) is 8.83. The van der Waals surface area contributed by atoms with Gasteiger partial charge in [0.25, 0.3) is 0 Å². The van der Waals surface area contributed by atoms with Crippen LogP contribution in [0.25, 0.3) is 0 Å². The summed E-state index contributed by atoms with van der Waals surface area (Å²) in [6.07, 6.45) is 8.49. The maximum absolute atomic E-state index is 12.1. The van der Waals surface area contributed by atoms with Crippen LogP contribution in [-0.2, 0) is 14.3 Å². The van der Waals surface area contributed by atoms with E-state index >= 15 is 0 Å². The van der Waals surface area contributed by atoms with Gasteiger partial charge in [-0.25, -0.2) is 0 Å². The topological polar surface area (TPSA) is 35.5 Å². The molecule has 0 N–H and O–H groups in total. The second-order valence-electron chi connectivity index (χ2n) is 4.71. The SMILES string of the molecule is O=C1C=CC[C@@]12CCCCC21OCCO1. The first-order chi connectivity index (χ1) is 7.29. The molecule has 0 bridgehead atoms. The van der Waals surface area contributed by atoms with E-state index in [1.807, 2.05) is 6.08 Å². The largest absolute Gasteiger partial charge is 0.346 e. The Kier molecular flexibility index (Phi) is 2.01. The molecule has 1 aliphatic heterocycles. The number of rotatable bonds is 0. The van der Waals surface area contributed by atoms with Crippen LogP contribution in [-0.4, -0.2) is 24.8 Å². The van der Waals surface area contributed by atoms with Gasteiger partial charge in [0.15, 0.2) is 11.6 Å². The van der Waals surface area contributed by atoms with Crippen LogP contribution in [0.15, 0.2) is 12.2 Å². The fourth-order valence-corrected chi connectivity index (χ4v) is 3.29. The molecule has 0 radical (unpaired) electrons. The third-order valence-corrected chi connectivity index (χ3v) is 4.05. The summed E-state index contributed by atoms with van der Waals surface area (Å²) in [7, 11) is 0. The highest BCUT2D eigenvalue weighted by atomic mass is 16.7. The number of hydrogen-bond acceptors (Lipinski definition) is 3. The Labute approximate surface area is 89.4 Å². The number of allylic oxidation sites excluding steroid dienone is 2. The molecule has 0 aromatic heterocycles. The smallest absolute Gasteiger partial charge is 0.181 e. The van der Waals surface area contributed by atoms with Gasteiger partial charge in [-0.3, -0.25) is 4.79 Å². The molecule has 0 aromatic rings. The molecule has 0 unspecified atom stereocenters. The molecule has 1 heterocycles. The molecule has 1 saturated heterocycles. The van der Waals surface area contributed by atoms with Gasteiger partial charge < -0.3 is 9.47 Å². The van der Waals surface area contributed by atoms with Crippen molar-refractivity contribution in [2.45, 2.75) is 37.9 Å². The van der Waals surface area contributed by atoms with E-state index < -0.39 is 5.79 Å². The number of fused-ring (bicyclic) bond motifs is 1. The molecule has 1 saturated carbocycles. The molecule has 1 atom stereocenters. The fourth-order valence-electron chi connectivity index (χ4n) is 3.29. The second kappa shape index (κ2) is 3.16. The predicted octanol–water partition coefficient (Wildman–Crippen LogP) is 1.82. The lowest BCUT2D eigenvalue weighted by molar-refractivity contribution is -0.245. The van der Waals surface area contributed by atoms with E-state index in [2.05, 4.69) is 0 Å². The Morgan fingerprint density at radius 1 is 1.13 bits per heavy atom. The average molecular weight is 208 g/mol. The van der Waals surface area contributed by atoms with E-state index in [9.17, 15) is 4.79 Å². The standard InChI is InChI=1S/C12H16O3/c13-10-4-3-6-11(10)5-1-2-7-12(11)14-8-9-15-12/h3-4H,1-2,5-9H2/t11-/m0/s1. The molecule has 3 nitrogen and oxygen atoms in total. The van der Waals surface area contributed by atoms with Crippen LogP contribution in [0, 0.1) is 5.41 Å². The molecule has 0 aromatic carbocycles. The lowest BCUT2D eigenvalue weighted by Crippen LogP contribution is -2.54. The Balaban J connectivity index is 2.00. The van der Waals surface area contributed by atoms with E-state index in [-0.39, 0.29) is 11.2 Å². The molecule has 82 valence electrons. The predicted molar refractivity (Wildman–Crippen MR) is 54.3 cm³/mol. The summed E-state index contributed by atoms with van der Waals surface area (Å²) in [5.74, 6) is -0.379. The van der Waals surface area contributed by atoms with Gasteiger partial charge in [0.1, 0.15) is 0 Å². The molecule has 2 aliphatic carbocycles. The van der Waals surface area contributed by atoms with Crippen LogP contribution >= 0.6 is 0 Å². The van der Waals surface area contributed by atoms with E-state index in [1.54, 1.807) is 6.08 Å². The average Bonchev–Trinajstić information content (AvgIpc) is 2.82. The summed E-state index contributed by atoms with van der Waals surface area (Å²) in [5, 5.41) is 0. The summed E-state index contributed by atoms with van der Waals surface area (Å²) in [5.41, 5.74) is -0.387. The number of ketones is 1. The Morgan fingerprint density at radius 3 is 2.53 bits per heavy atom. The third kappa shape index (κ3) is 1.11.